The summed E-state index contributed by atoms with van der Waals surface area (Å²) >= 11 is 0. The summed E-state index contributed by atoms with van der Waals surface area (Å²) in [5, 5.41) is 9.73. The molecule has 4 nitrogen and oxygen atoms in total. The zero-order valence-corrected chi connectivity index (χ0v) is 13.4. The molecular formula is C19H13F3N2O2. The first kappa shape index (κ1) is 16.4. The third-order valence-corrected chi connectivity index (χ3v) is 4.39. The van der Waals surface area contributed by atoms with Crippen molar-refractivity contribution in [2.24, 2.45) is 0 Å². The molecule has 2 aromatic carbocycles. The second kappa shape index (κ2) is 5.72. The molecular weight excluding hydrogens is 345 g/mol. The van der Waals surface area contributed by atoms with E-state index in [2.05, 4.69) is 4.98 Å². The number of alkyl halides is 3. The smallest absolute Gasteiger partial charge is 0.416 e. The van der Waals surface area contributed by atoms with Crippen LogP contribution in [-0.4, -0.2) is 14.7 Å². The van der Waals surface area contributed by atoms with Crippen molar-refractivity contribution in [3.05, 3.63) is 69.8 Å². The highest BCUT2D eigenvalue weighted by atomic mass is 19.4. The summed E-state index contributed by atoms with van der Waals surface area (Å²) < 4.78 is 40.3. The number of hydrogen-bond acceptors (Lipinski definition) is 3. The lowest BCUT2D eigenvalue weighted by atomic mass is 10.1. The summed E-state index contributed by atoms with van der Waals surface area (Å²) in [4.78, 5) is 16.9. The van der Waals surface area contributed by atoms with Crippen molar-refractivity contribution in [2.75, 3.05) is 0 Å². The molecule has 26 heavy (non-hydrogen) atoms. The van der Waals surface area contributed by atoms with Crippen molar-refractivity contribution in [3.8, 4) is 5.75 Å². The molecule has 1 aliphatic heterocycles. The van der Waals surface area contributed by atoms with E-state index in [0.29, 0.717) is 18.8 Å². The Bertz CT molecular complexity index is 1110. The molecule has 0 spiro atoms. The van der Waals surface area contributed by atoms with Crippen molar-refractivity contribution in [1.29, 1.82) is 0 Å². The molecule has 0 saturated heterocycles. The Morgan fingerprint density at radius 1 is 1.15 bits per heavy atom. The SMILES string of the molecule is O=c1c2ccc(C(F)(F)F)cc2nc2n1CC/C2=C\c1cccc(O)c1. The van der Waals surface area contributed by atoms with Gasteiger partial charge in [-0.15, -0.1) is 0 Å². The van der Waals surface area contributed by atoms with E-state index in [0.717, 1.165) is 23.3 Å². The Hall–Kier alpha value is -3.09. The average Bonchev–Trinajstić information content (AvgIpc) is 2.97. The van der Waals surface area contributed by atoms with Crippen LogP contribution in [0.15, 0.2) is 47.3 Å². The van der Waals surface area contributed by atoms with Gasteiger partial charge in [0.25, 0.3) is 5.56 Å². The largest absolute Gasteiger partial charge is 0.508 e. The maximum absolute atomic E-state index is 12.9. The second-order valence-electron chi connectivity index (χ2n) is 6.14. The van der Waals surface area contributed by atoms with Crippen LogP contribution in [0.5, 0.6) is 5.75 Å². The first-order valence-corrected chi connectivity index (χ1v) is 7.95. The number of allylic oxidation sites excluding steroid dienone is 1. The lowest BCUT2D eigenvalue weighted by Crippen LogP contribution is -2.21. The molecule has 7 heteroatoms. The molecule has 3 aromatic rings. The number of aromatic nitrogens is 2. The molecule has 0 aliphatic carbocycles. The van der Waals surface area contributed by atoms with Gasteiger partial charge in [0.05, 0.1) is 16.5 Å². The summed E-state index contributed by atoms with van der Waals surface area (Å²) in [6, 6.07) is 9.57. The summed E-state index contributed by atoms with van der Waals surface area (Å²) in [6.45, 7) is 0.419. The van der Waals surface area contributed by atoms with Crippen LogP contribution >= 0.6 is 0 Å². The molecule has 0 amide bonds. The molecule has 1 N–H and O–H groups in total. The summed E-state index contributed by atoms with van der Waals surface area (Å²) in [6.07, 6.45) is -2.17. The molecule has 0 saturated carbocycles. The van der Waals surface area contributed by atoms with Crippen LogP contribution in [0.1, 0.15) is 23.4 Å². The lowest BCUT2D eigenvalue weighted by molar-refractivity contribution is -0.137. The third-order valence-electron chi connectivity index (χ3n) is 4.39. The van der Waals surface area contributed by atoms with Crippen LogP contribution in [0.25, 0.3) is 22.6 Å². The topological polar surface area (TPSA) is 55.1 Å². The van der Waals surface area contributed by atoms with Gasteiger partial charge >= 0.3 is 6.18 Å². The number of phenolic OH excluding ortho intramolecular Hbond substituents is 1. The van der Waals surface area contributed by atoms with Crippen LogP contribution in [0, 0.1) is 0 Å². The summed E-state index contributed by atoms with van der Waals surface area (Å²) in [7, 11) is 0. The number of halogens is 3. The van der Waals surface area contributed by atoms with Gasteiger partial charge in [-0.1, -0.05) is 12.1 Å². The Morgan fingerprint density at radius 2 is 1.96 bits per heavy atom. The maximum atomic E-state index is 12.9. The van der Waals surface area contributed by atoms with Crippen molar-refractivity contribution >= 4 is 22.6 Å². The van der Waals surface area contributed by atoms with Crippen LogP contribution in [0.2, 0.25) is 0 Å². The number of benzene rings is 2. The van der Waals surface area contributed by atoms with E-state index in [1.54, 1.807) is 30.3 Å². The van der Waals surface area contributed by atoms with Crippen LogP contribution in [0.4, 0.5) is 13.2 Å². The highest BCUT2D eigenvalue weighted by Gasteiger charge is 2.31. The number of nitrogens with zero attached hydrogens (tertiary/aromatic N) is 2. The van der Waals surface area contributed by atoms with Gasteiger partial charge in [0.15, 0.2) is 0 Å². The average molecular weight is 358 g/mol. The van der Waals surface area contributed by atoms with Crippen molar-refractivity contribution in [3.63, 3.8) is 0 Å². The number of rotatable bonds is 1. The Labute approximate surface area is 145 Å². The van der Waals surface area contributed by atoms with Gasteiger partial charge in [-0.05, 0) is 54.0 Å². The summed E-state index contributed by atoms with van der Waals surface area (Å²) in [5.74, 6) is 0.473. The predicted octanol–water partition coefficient (Wildman–Crippen LogP) is 4.07. The Kier molecular flexibility index (Phi) is 3.61. The van der Waals surface area contributed by atoms with Crippen molar-refractivity contribution in [2.45, 2.75) is 19.1 Å². The summed E-state index contributed by atoms with van der Waals surface area (Å²) in [5.41, 5.74) is 0.315. The van der Waals surface area contributed by atoms with E-state index in [4.69, 9.17) is 0 Å². The van der Waals surface area contributed by atoms with Gasteiger partial charge in [-0.25, -0.2) is 4.98 Å². The van der Waals surface area contributed by atoms with Crippen molar-refractivity contribution < 1.29 is 18.3 Å². The number of aromatic hydroxyl groups is 1. The molecule has 2 heterocycles. The predicted molar refractivity (Wildman–Crippen MR) is 91.6 cm³/mol. The van der Waals surface area contributed by atoms with E-state index < -0.39 is 11.7 Å². The van der Waals surface area contributed by atoms with E-state index in [1.165, 1.54) is 10.6 Å². The van der Waals surface area contributed by atoms with Gasteiger partial charge in [-0.3, -0.25) is 9.36 Å². The van der Waals surface area contributed by atoms with Gasteiger partial charge in [0.1, 0.15) is 11.6 Å². The quantitative estimate of drug-likeness (QED) is 0.714. The van der Waals surface area contributed by atoms with E-state index in [9.17, 15) is 23.1 Å². The van der Waals surface area contributed by atoms with E-state index in [1.807, 2.05) is 0 Å². The highest BCUT2D eigenvalue weighted by Crippen LogP contribution is 2.32. The zero-order chi connectivity index (χ0) is 18.5. The molecule has 4 rings (SSSR count). The Morgan fingerprint density at radius 3 is 2.69 bits per heavy atom. The van der Waals surface area contributed by atoms with Gasteiger partial charge in [0, 0.05) is 6.54 Å². The fraction of sp³-hybridized carbons (Fsp3) is 0.158. The third kappa shape index (κ3) is 2.75. The van der Waals surface area contributed by atoms with Crippen LogP contribution in [0.3, 0.4) is 0 Å². The minimum atomic E-state index is -4.49. The molecule has 0 fully saturated rings. The van der Waals surface area contributed by atoms with Crippen LogP contribution in [-0.2, 0) is 12.7 Å². The minimum absolute atomic E-state index is 0.0276. The first-order valence-electron chi connectivity index (χ1n) is 7.95. The molecule has 0 atom stereocenters. The fourth-order valence-corrected chi connectivity index (χ4v) is 3.15. The minimum Gasteiger partial charge on any atom is -0.508 e. The molecule has 0 bridgehead atoms. The van der Waals surface area contributed by atoms with Crippen LogP contribution < -0.4 is 5.56 Å². The van der Waals surface area contributed by atoms with Gasteiger partial charge < -0.3 is 5.11 Å². The fourth-order valence-electron chi connectivity index (χ4n) is 3.15. The second-order valence-corrected chi connectivity index (χ2v) is 6.14. The lowest BCUT2D eigenvalue weighted by Gasteiger charge is -2.09. The van der Waals surface area contributed by atoms with Crippen molar-refractivity contribution in [1.82, 2.24) is 9.55 Å². The van der Waals surface area contributed by atoms with Gasteiger partial charge in [0.2, 0.25) is 0 Å². The number of fused-ring (bicyclic) bond motifs is 2. The van der Waals surface area contributed by atoms with Gasteiger partial charge in [-0.2, -0.15) is 13.2 Å². The molecule has 1 aliphatic rings. The molecule has 0 unspecified atom stereocenters. The monoisotopic (exact) mass is 358 g/mol. The molecule has 132 valence electrons. The molecule has 1 aromatic heterocycles. The number of hydrogen-bond donors (Lipinski definition) is 1. The first-order chi connectivity index (χ1) is 12.3. The molecule has 0 radical (unpaired) electrons. The number of phenols is 1. The highest BCUT2D eigenvalue weighted by molar-refractivity contribution is 5.85. The maximum Gasteiger partial charge on any atom is 0.416 e. The normalized spacial score (nSPS) is 15.6. The Balaban J connectivity index is 1.89. The zero-order valence-electron chi connectivity index (χ0n) is 13.4. The van der Waals surface area contributed by atoms with E-state index in [-0.39, 0.29) is 22.2 Å². The van der Waals surface area contributed by atoms with E-state index >= 15 is 0 Å². The standard InChI is InChI=1S/C19H13F3N2O2/c20-19(21,22)13-4-5-15-16(10-13)23-17-12(6-7-24(17)18(15)26)8-11-2-1-3-14(25)9-11/h1-5,8-10,25H,6-7H2/b12-8+.